The fraction of sp³-hybridized carbons (Fsp3) is 0. The second-order valence-electron chi connectivity index (χ2n) is 5.62. The molecular weight excluding hydrogens is 396 g/mol. The van der Waals surface area contributed by atoms with E-state index in [1.807, 2.05) is 42.5 Å². The van der Waals surface area contributed by atoms with Gasteiger partial charge in [0, 0.05) is 21.1 Å². The summed E-state index contributed by atoms with van der Waals surface area (Å²) in [6.07, 6.45) is 0.675. The Kier molecular flexibility index (Phi) is 4.14. The van der Waals surface area contributed by atoms with Crippen LogP contribution < -0.4 is 11.1 Å². The molecule has 3 N–H and O–H groups in total. The molecule has 4 aromatic rings. The van der Waals surface area contributed by atoms with Crippen molar-refractivity contribution in [2.75, 3.05) is 11.1 Å². The van der Waals surface area contributed by atoms with Crippen LogP contribution in [0.5, 0.6) is 0 Å². The minimum absolute atomic E-state index is 0.184. The van der Waals surface area contributed by atoms with Crippen molar-refractivity contribution in [1.29, 1.82) is 0 Å². The summed E-state index contributed by atoms with van der Waals surface area (Å²) in [5.41, 5.74) is 8.24. The predicted octanol–water partition coefficient (Wildman–Crippen LogP) is 4.79. The highest BCUT2D eigenvalue weighted by atomic mass is 79.9. The molecule has 2 aromatic carbocycles. The number of hydrogen-bond donors (Lipinski definition) is 2. The first kappa shape index (κ1) is 16.3. The second-order valence-corrected chi connectivity index (χ2v) is 6.53. The molecule has 0 spiro atoms. The van der Waals surface area contributed by atoms with Gasteiger partial charge in [-0.25, -0.2) is 4.98 Å². The van der Waals surface area contributed by atoms with Gasteiger partial charge in [0.15, 0.2) is 12.0 Å². The zero-order valence-electron chi connectivity index (χ0n) is 13.4. The monoisotopic (exact) mass is 408 g/mol. The SMILES string of the molecule is Nc1nc(Nc2cccc(Br)c2)c2cc(-c3ccc(C=O)o3)ccc2n1. The van der Waals surface area contributed by atoms with E-state index in [0.29, 0.717) is 23.4 Å². The highest BCUT2D eigenvalue weighted by molar-refractivity contribution is 9.10. The van der Waals surface area contributed by atoms with Crippen molar-refractivity contribution < 1.29 is 9.21 Å². The van der Waals surface area contributed by atoms with Crippen LogP contribution in [0.15, 0.2) is 63.5 Å². The fourth-order valence-corrected chi connectivity index (χ4v) is 3.07. The van der Waals surface area contributed by atoms with E-state index in [2.05, 4.69) is 31.2 Å². The van der Waals surface area contributed by atoms with E-state index >= 15 is 0 Å². The van der Waals surface area contributed by atoms with Crippen LogP contribution in [-0.4, -0.2) is 16.3 Å². The average Bonchev–Trinajstić information content (AvgIpc) is 3.10. The van der Waals surface area contributed by atoms with Crippen LogP contribution in [0.25, 0.3) is 22.2 Å². The smallest absolute Gasteiger partial charge is 0.222 e. The number of furan rings is 1. The number of nitrogens with two attached hydrogens (primary N) is 1. The van der Waals surface area contributed by atoms with E-state index in [4.69, 9.17) is 10.2 Å². The molecule has 0 aliphatic carbocycles. The number of fused-ring (bicyclic) bond motifs is 1. The Morgan fingerprint density at radius 3 is 2.73 bits per heavy atom. The van der Waals surface area contributed by atoms with Crippen LogP contribution >= 0.6 is 15.9 Å². The van der Waals surface area contributed by atoms with Crippen LogP contribution in [0.1, 0.15) is 10.6 Å². The first-order valence-electron chi connectivity index (χ1n) is 7.77. The summed E-state index contributed by atoms with van der Waals surface area (Å²) in [6.45, 7) is 0. The van der Waals surface area contributed by atoms with Gasteiger partial charge in [-0.2, -0.15) is 4.98 Å². The molecule has 4 rings (SSSR count). The van der Waals surface area contributed by atoms with Gasteiger partial charge in [-0.05, 0) is 48.5 Å². The number of benzene rings is 2. The van der Waals surface area contributed by atoms with E-state index < -0.39 is 0 Å². The number of halogens is 1. The highest BCUT2D eigenvalue weighted by Crippen LogP contribution is 2.30. The molecule has 0 amide bonds. The topological polar surface area (TPSA) is 94.0 Å². The summed E-state index contributed by atoms with van der Waals surface area (Å²) in [7, 11) is 0. The molecule has 6 nitrogen and oxygen atoms in total. The molecule has 0 unspecified atom stereocenters. The van der Waals surface area contributed by atoms with Gasteiger partial charge in [0.1, 0.15) is 11.6 Å². The van der Waals surface area contributed by atoms with Crippen molar-refractivity contribution in [2.45, 2.75) is 0 Å². The van der Waals surface area contributed by atoms with Gasteiger partial charge in [0.2, 0.25) is 5.95 Å². The van der Waals surface area contributed by atoms with Crippen molar-refractivity contribution in [3.05, 3.63) is 64.8 Å². The fourth-order valence-electron chi connectivity index (χ4n) is 2.67. The van der Waals surface area contributed by atoms with Crippen LogP contribution in [-0.2, 0) is 0 Å². The Hall–Kier alpha value is -3.19. The van der Waals surface area contributed by atoms with E-state index in [1.165, 1.54) is 0 Å². The number of carbonyl (C=O) groups excluding carboxylic acids is 1. The van der Waals surface area contributed by atoms with Crippen LogP contribution in [0, 0.1) is 0 Å². The molecule has 0 radical (unpaired) electrons. The van der Waals surface area contributed by atoms with Gasteiger partial charge in [-0.1, -0.05) is 22.0 Å². The zero-order chi connectivity index (χ0) is 18.1. The van der Waals surface area contributed by atoms with E-state index in [1.54, 1.807) is 12.1 Å². The van der Waals surface area contributed by atoms with Crippen molar-refractivity contribution in [1.82, 2.24) is 9.97 Å². The lowest BCUT2D eigenvalue weighted by Crippen LogP contribution is -2.01. The normalized spacial score (nSPS) is 10.8. The molecule has 0 saturated heterocycles. The Morgan fingerprint density at radius 1 is 1.08 bits per heavy atom. The number of nitrogen functional groups attached to an aromatic ring is 1. The molecular formula is C19H13BrN4O2. The van der Waals surface area contributed by atoms with Crippen molar-refractivity contribution in [3.8, 4) is 11.3 Å². The lowest BCUT2D eigenvalue weighted by molar-refractivity contribution is 0.110. The van der Waals surface area contributed by atoms with Gasteiger partial charge in [-0.15, -0.1) is 0 Å². The predicted molar refractivity (Wildman–Crippen MR) is 104 cm³/mol. The summed E-state index contributed by atoms with van der Waals surface area (Å²) in [4.78, 5) is 19.5. The minimum atomic E-state index is 0.184. The molecule has 26 heavy (non-hydrogen) atoms. The molecule has 0 atom stereocenters. The Morgan fingerprint density at radius 2 is 1.96 bits per heavy atom. The van der Waals surface area contributed by atoms with Crippen LogP contribution in [0.3, 0.4) is 0 Å². The maximum atomic E-state index is 10.8. The Labute approximate surface area is 157 Å². The number of anilines is 3. The third-order valence-electron chi connectivity index (χ3n) is 3.83. The van der Waals surface area contributed by atoms with Gasteiger partial charge >= 0.3 is 0 Å². The van der Waals surface area contributed by atoms with E-state index in [-0.39, 0.29) is 11.7 Å². The van der Waals surface area contributed by atoms with Crippen molar-refractivity contribution in [3.63, 3.8) is 0 Å². The zero-order valence-corrected chi connectivity index (χ0v) is 15.0. The molecule has 0 bridgehead atoms. The summed E-state index contributed by atoms with van der Waals surface area (Å²) >= 11 is 3.45. The average molecular weight is 409 g/mol. The standard InChI is InChI=1S/C19H13BrN4O2/c20-12-2-1-3-13(9-12)22-18-15-8-11(17-7-5-14(10-25)26-17)4-6-16(15)23-19(21)24-18/h1-10H,(H3,21,22,23,24). The number of aromatic nitrogens is 2. The summed E-state index contributed by atoms with van der Waals surface area (Å²) in [5.74, 6) is 1.65. The molecule has 2 aromatic heterocycles. The van der Waals surface area contributed by atoms with Crippen LogP contribution in [0.2, 0.25) is 0 Å². The maximum absolute atomic E-state index is 10.8. The van der Waals surface area contributed by atoms with Crippen molar-refractivity contribution in [2.24, 2.45) is 0 Å². The van der Waals surface area contributed by atoms with Gasteiger partial charge in [0.25, 0.3) is 0 Å². The first-order valence-corrected chi connectivity index (χ1v) is 8.57. The minimum Gasteiger partial charge on any atom is -0.453 e. The Balaban J connectivity index is 1.82. The number of nitrogens with zero attached hydrogens (tertiary/aromatic N) is 2. The van der Waals surface area contributed by atoms with Crippen LogP contribution in [0.4, 0.5) is 17.5 Å². The number of aldehydes is 1. The third-order valence-corrected chi connectivity index (χ3v) is 4.32. The van der Waals surface area contributed by atoms with Gasteiger partial charge in [-0.3, -0.25) is 4.79 Å². The molecule has 2 heterocycles. The lowest BCUT2D eigenvalue weighted by Gasteiger charge is -2.10. The highest BCUT2D eigenvalue weighted by Gasteiger charge is 2.11. The molecule has 0 aliphatic rings. The van der Waals surface area contributed by atoms with Gasteiger partial charge in [0.05, 0.1) is 5.52 Å². The maximum Gasteiger partial charge on any atom is 0.222 e. The molecule has 0 aliphatic heterocycles. The molecule has 128 valence electrons. The first-order chi connectivity index (χ1) is 12.6. The number of carbonyl (C=O) groups is 1. The molecule has 7 heteroatoms. The molecule has 0 fully saturated rings. The third kappa shape index (κ3) is 3.16. The largest absolute Gasteiger partial charge is 0.453 e. The van der Waals surface area contributed by atoms with Gasteiger partial charge < -0.3 is 15.5 Å². The van der Waals surface area contributed by atoms with Crippen molar-refractivity contribution >= 4 is 50.6 Å². The number of hydrogen-bond acceptors (Lipinski definition) is 6. The van der Waals surface area contributed by atoms with E-state index in [9.17, 15) is 4.79 Å². The number of rotatable bonds is 4. The Bertz CT molecular complexity index is 1120. The second kappa shape index (κ2) is 6.61. The lowest BCUT2D eigenvalue weighted by atomic mass is 10.1. The molecule has 0 saturated carbocycles. The summed E-state index contributed by atoms with van der Waals surface area (Å²) in [6, 6.07) is 16.7. The van der Waals surface area contributed by atoms with E-state index in [0.717, 1.165) is 21.1 Å². The number of nitrogens with one attached hydrogen (secondary N) is 1. The quantitative estimate of drug-likeness (QED) is 0.471. The summed E-state index contributed by atoms with van der Waals surface area (Å²) in [5, 5.41) is 4.07. The summed E-state index contributed by atoms with van der Waals surface area (Å²) < 4.78 is 6.46.